The second kappa shape index (κ2) is 9.92. The van der Waals surface area contributed by atoms with Crippen LogP contribution in [0.2, 0.25) is 0 Å². The summed E-state index contributed by atoms with van der Waals surface area (Å²) < 4.78 is 70.6. The molecular formula is C22H23F3N2O5S. The molecular weight excluding hydrogens is 461 g/mol. The fraction of sp³-hybridized carbons (Fsp3) is 0.364. The third-order valence-corrected chi connectivity index (χ3v) is 7.18. The lowest BCUT2D eigenvalue weighted by atomic mass is 9.98. The number of amides is 1. The predicted octanol–water partition coefficient (Wildman–Crippen LogP) is 3.68. The van der Waals surface area contributed by atoms with Gasteiger partial charge in [0.2, 0.25) is 10.0 Å². The van der Waals surface area contributed by atoms with Gasteiger partial charge in [-0.2, -0.15) is 17.5 Å². The number of hydrogen-bond donors (Lipinski definition) is 1. The number of sulfonamides is 1. The lowest BCUT2D eigenvalue weighted by Gasteiger charge is -2.30. The van der Waals surface area contributed by atoms with Crippen molar-refractivity contribution in [3.05, 3.63) is 60.2 Å². The number of carbonyl (C=O) groups is 2. The van der Waals surface area contributed by atoms with Crippen LogP contribution < -0.4 is 5.32 Å². The van der Waals surface area contributed by atoms with Crippen molar-refractivity contribution in [3.8, 4) is 0 Å². The molecule has 3 rings (SSSR count). The van der Waals surface area contributed by atoms with Crippen LogP contribution in [0.4, 0.5) is 18.9 Å². The van der Waals surface area contributed by atoms with Gasteiger partial charge in [0.25, 0.3) is 5.91 Å². The molecule has 0 bridgehead atoms. The standard InChI is InChI=1S/C22H23F3N2O5S/c1-15(20(28)26-18-7-3-2-4-8-18)32-21(29)16-10-12-27(13-11-16)33(30,31)19-9-5-6-17(14-19)22(23,24)25/h2-9,14-16H,10-13H2,1H3,(H,26,28). The number of nitrogens with one attached hydrogen (secondary N) is 1. The highest BCUT2D eigenvalue weighted by Crippen LogP contribution is 2.32. The molecule has 1 aliphatic rings. The van der Waals surface area contributed by atoms with Crippen LogP contribution in [-0.2, 0) is 30.5 Å². The van der Waals surface area contributed by atoms with E-state index in [0.29, 0.717) is 11.8 Å². The Morgan fingerprint density at radius 2 is 1.70 bits per heavy atom. The van der Waals surface area contributed by atoms with Crippen molar-refractivity contribution in [3.63, 3.8) is 0 Å². The van der Waals surface area contributed by atoms with Crippen LogP contribution in [-0.4, -0.2) is 43.8 Å². The number of ether oxygens (including phenoxy) is 1. The van der Waals surface area contributed by atoms with Crippen LogP contribution >= 0.6 is 0 Å². The van der Waals surface area contributed by atoms with Gasteiger partial charge in [-0.1, -0.05) is 24.3 Å². The van der Waals surface area contributed by atoms with Crippen LogP contribution in [0.25, 0.3) is 0 Å². The number of anilines is 1. The first kappa shape index (κ1) is 24.7. The minimum Gasteiger partial charge on any atom is -0.452 e. The van der Waals surface area contributed by atoms with Gasteiger partial charge in [0.05, 0.1) is 16.4 Å². The molecule has 1 N–H and O–H groups in total. The van der Waals surface area contributed by atoms with E-state index in [1.54, 1.807) is 30.3 Å². The van der Waals surface area contributed by atoms with Gasteiger partial charge < -0.3 is 10.1 Å². The molecule has 7 nitrogen and oxygen atoms in total. The Balaban J connectivity index is 1.56. The van der Waals surface area contributed by atoms with E-state index in [0.717, 1.165) is 22.5 Å². The fourth-order valence-corrected chi connectivity index (χ4v) is 4.92. The summed E-state index contributed by atoms with van der Waals surface area (Å²) in [6, 6.07) is 12.2. The highest BCUT2D eigenvalue weighted by molar-refractivity contribution is 7.89. The van der Waals surface area contributed by atoms with E-state index in [-0.39, 0.29) is 25.9 Å². The third-order valence-electron chi connectivity index (χ3n) is 5.29. The monoisotopic (exact) mass is 484 g/mol. The molecule has 178 valence electrons. The van der Waals surface area contributed by atoms with E-state index in [2.05, 4.69) is 5.32 Å². The average molecular weight is 484 g/mol. The quantitative estimate of drug-likeness (QED) is 0.632. The van der Waals surface area contributed by atoms with E-state index in [1.807, 2.05) is 0 Å². The lowest BCUT2D eigenvalue weighted by molar-refractivity contribution is -0.158. The molecule has 2 aromatic rings. The van der Waals surface area contributed by atoms with E-state index < -0.39 is 50.6 Å². The Hall–Kier alpha value is -2.92. The fourth-order valence-electron chi connectivity index (χ4n) is 3.40. The third kappa shape index (κ3) is 6.11. The van der Waals surface area contributed by atoms with E-state index in [4.69, 9.17) is 4.74 Å². The Morgan fingerprint density at radius 1 is 1.06 bits per heavy atom. The number of carbonyl (C=O) groups excluding carboxylic acids is 2. The Bertz CT molecular complexity index is 1100. The first-order valence-corrected chi connectivity index (χ1v) is 11.7. The normalized spacial score (nSPS) is 16.7. The van der Waals surface area contributed by atoms with Gasteiger partial charge in [0.1, 0.15) is 0 Å². The van der Waals surface area contributed by atoms with Crippen LogP contribution in [0.3, 0.4) is 0 Å². The maximum atomic E-state index is 12.9. The molecule has 1 amide bonds. The molecule has 1 unspecified atom stereocenters. The second-order valence-electron chi connectivity index (χ2n) is 7.64. The van der Waals surface area contributed by atoms with E-state index in [1.165, 1.54) is 6.92 Å². The van der Waals surface area contributed by atoms with Crippen molar-refractivity contribution in [2.24, 2.45) is 5.92 Å². The van der Waals surface area contributed by atoms with Crippen LogP contribution in [0.1, 0.15) is 25.3 Å². The molecule has 0 saturated carbocycles. The van der Waals surface area contributed by atoms with Gasteiger partial charge in [0, 0.05) is 18.8 Å². The molecule has 0 aliphatic carbocycles. The zero-order chi connectivity index (χ0) is 24.2. The molecule has 1 saturated heterocycles. The SMILES string of the molecule is CC(OC(=O)C1CCN(S(=O)(=O)c2cccc(C(F)(F)F)c2)CC1)C(=O)Nc1ccccc1. The summed E-state index contributed by atoms with van der Waals surface area (Å²) in [4.78, 5) is 24.2. The second-order valence-corrected chi connectivity index (χ2v) is 9.58. The molecule has 1 aliphatic heterocycles. The summed E-state index contributed by atoms with van der Waals surface area (Å²) in [5.41, 5.74) is -0.497. The maximum absolute atomic E-state index is 12.9. The van der Waals surface area contributed by atoms with E-state index in [9.17, 15) is 31.2 Å². The van der Waals surface area contributed by atoms with Crippen molar-refractivity contribution in [1.29, 1.82) is 0 Å². The largest absolute Gasteiger partial charge is 0.452 e. The summed E-state index contributed by atoms with van der Waals surface area (Å²) in [5.74, 6) is -1.74. The predicted molar refractivity (Wildman–Crippen MR) is 114 cm³/mol. The van der Waals surface area contributed by atoms with Crippen molar-refractivity contribution >= 4 is 27.6 Å². The summed E-state index contributed by atoms with van der Waals surface area (Å²) in [6.45, 7) is 1.33. The van der Waals surface area contributed by atoms with Gasteiger partial charge in [-0.3, -0.25) is 9.59 Å². The number of nitrogens with zero attached hydrogens (tertiary/aromatic N) is 1. The van der Waals surface area contributed by atoms with Crippen molar-refractivity contribution in [1.82, 2.24) is 4.31 Å². The molecule has 11 heteroatoms. The first-order valence-electron chi connectivity index (χ1n) is 10.2. The molecule has 1 fully saturated rings. The lowest BCUT2D eigenvalue weighted by Crippen LogP contribution is -2.41. The molecule has 1 heterocycles. The zero-order valence-electron chi connectivity index (χ0n) is 17.7. The number of para-hydroxylation sites is 1. The summed E-state index contributed by atoms with van der Waals surface area (Å²) in [7, 11) is -4.15. The van der Waals surface area contributed by atoms with Crippen LogP contribution in [0.15, 0.2) is 59.5 Å². The number of alkyl halides is 3. The summed E-state index contributed by atoms with van der Waals surface area (Å²) >= 11 is 0. The van der Waals surface area contributed by atoms with Crippen molar-refractivity contribution in [2.75, 3.05) is 18.4 Å². The van der Waals surface area contributed by atoms with Gasteiger partial charge in [0.15, 0.2) is 6.10 Å². The zero-order valence-corrected chi connectivity index (χ0v) is 18.5. The molecule has 0 aromatic heterocycles. The number of esters is 1. The molecule has 0 radical (unpaired) electrons. The number of halogens is 3. The minimum atomic E-state index is -4.66. The number of benzene rings is 2. The highest BCUT2D eigenvalue weighted by Gasteiger charge is 2.36. The Labute approximate surface area is 189 Å². The van der Waals surface area contributed by atoms with Crippen LogP contribution in [0, 0.1) is 5.92 Å². The molecule has 0 spiro atoms. The Morgan fingerprint density at radius 3 is 2.30 bits per heavy atom. The van der Waals surface area contributed by atoms with Gasteiger partial charge in [-0.15, -0.1) is 0 Å². The van der Waals surface area contributed by atoms with E-state index >= 15 is 0 Å². The first-order chi connectivity index (χ1) is 15.5. The van der Waals surface area contributed by atoms with Gasteiger partial charge >= 0.3 is 12.1 Å². The van der Waals surface area contributed by atoms with Crippen molar-refractivity contribution < 1.29 is 35.9 Å². The highest BCUT2D eigenvalue weighted by atomic mass is 32.2. The number of piperidine rings is 1. The smallest absolute Gasteiger partial charge is 0.416 e. The topological polar surface area (TPSA) is 92.8 Å². The minimum absolute atomic E-state index is 0.0526. The van der Waals surface area contributed by atoms with Gasteiger partial charge in [-0.25, -0.2) is 8.42 Å². The summed E-state index contributed by atoms with van der Waals surface area (Å²) in [5, 5.41) is 2.63. The maximum Gasteiger partial charge on any atom is 0.416 e. The molecule has 2 aromatic carbocycles. The Kier molecular flexibility index (Phi) is 7.43. The summed E-state index contributed by atoms with van der Waals surface area (Å²) in [6.07, 6.45) is -5.45. The van der Waals surface area contributed by atoms with Crippen molar-refractivity contribution in [2.45, 2.75) is 36.9 Å². The number of hydrogen-bond acceptors (Lipinski definition) is 5. The van der Waals surface area contributed by atoms with Gasteiger partial charge in [-0.05, 0) is 50.1 Å². The molecule has 1 atom stereocenters. The number of rotatable bonds is 6. The molecule has 33 heavy (non-hydrogen) atoms. The average Bonchev–Trinajstić information content (AvgIpc) is 2.79. The van der Waals surface area contributed by atoms with Crippen LogP contribution in [0.5, 0.6) is 0 Å².